The fourth-order valence-corrected chi connectivity index (χ4v) is 4.72. The lowest BCUT2D eigenvalue weighted by atomic mass is 9.79. The van der Waals surface area contributed by atoms with Crippen molar-refractivity contribution in [2.75, 3.05) is 13.2 Å². The van der Waals surface area contributed by atoms with Crippen molar-refractivity contribution >= 4 is 17.2 Å². The second-order valence-electron chi connectivity index (χ2n) is 6.59. The van der Waals surface area contributed by atoms with E-state index in [1.54, 1.807) is 11.3 Å². The van der Waals surface area contributed by atoms with E-state index in [-0.39, 0.29) is 12.5 Å². The van der Waals surface area contributed by atoms with Gasteiger partial charge in [0.2, 0.25) is 0 Å². The van der Waals surface area contributed by atoms with Crippen molar-refractivity contribution in [1.82, 2.24) is 5.32 Å². The molecule has 2 N–H and O–H groups in total. The van der Waals surface area contributed by atoms with Gasteiger partial charge in [-0.2, -0.15) is 0 Å². The first-order valence-electron chi connectivity index (χ1n) is 8.44. The van der Waals surface area contributed by atoms with E-state index in [0.29, 0.717) is 17.9 Å². The molecule has 2 aromatic rings. The molecule has 5 heteroatoms. The molecule has 0 radical (unpaired) electrons. The predicted octanol–water partition coefficient (Wildman–Crippen LogP) is 2.77. The quantitative estimate of drug-likeness (QED) is 0.901. The van der Waals surface area contributed by atoms with Gasteiger partial charge in [-0.3, -0.25) is 4.79 Å². The van der Waals surface area contributed by atoms with Gasteiger partial charge in [0.05, 0.1) is 24.6 Å². The van der Waals surface area contributed by atoms with Crippen LogP contribution in [0.2, 0.25) is 0 Å². The Hall–Kier alpha value is -1.69. The smallest absolute Gasteiger partial charge is 0.261 e. The Kier molecular flexibility index (Phi) is 4.16. The molecule has 1 atom stereocenters. The fourth-order valence-electron chi connectivity index (χ4n) is 3.65. The van der Waals surface area contributed by atoms with E-state index < -0.39 is 5.60 Å². The number of ether oxygens (including phenoxy) is 1. The van der Waals surface area contributed by atoms with Gasteiger partial charge >= 0.3 is 0 Å². The van der Waals surface area contributed by atoms with E-state index in [0.717, 1.165) is 37.0 Å². The molecule has 1 aliphatic heterocycles. The van der Waals surface area contributed by atoms with Crippen LogP contribution in [-0.4, -0.2) is 24.2 Å². The molecular formula is C19H21NO3S. The van der Waals surface area contributed by atoms with Crippen LogP contribution >= 0.6 is 11.3 Å². The summed E-state index contributed by atoms with van der Waals surface area (Å²) in [5.74, 6) is -0.106. The maximum atomic E-state index is 12.5. The Balaban J connectivity index is 1.49. The number of benzene rings is 1. The van der Waals surface area contributed by atoms with Crippen molar-refractivity contribution in [3.05, 3.63) is 56.8 Å². The topological polar surface area (TPSA) is 58.6 Å². The van der Waals surface area contributed by atoms with E-state index >= 15 is 0 Å². The van der Waals surface area contributed by atoms with Crippen LogP contribution in [0.15, 0.2) is 30.3 Å². The number of fused-ring (bicyclic) bond motifs is 2. The first-order valence-corrected chi connectivity index (χ1v) is 9.26. The number of rotatable bonds is 3. The summed E-state index contributed by atoms with van der Waals surface area (Å²) in [7, 11) is 0. The van der Waals surface area contributed by atoms with Crippen molar-refractivity contribution in [1.29, 1.82) is 0 Å². The van der Waals surface area contributed by atoms with Crippen LogP contribution < -0.4 is 5.32 Å². The molecule has 1 unspecified atom stereocenters. The Bertz CT molecular complexity index is 746. The van der Waals surface area contributed by atoms with Gasteiger partial charge in [-0.05, 0) is 42.0 Å². The second-order valence-corrected chi connectivity index (χ2v) is 7.72. The highest BCUT2D eigenvalue weighted by Crippen LogP contribution is 2.35. The average molecular weight is 343 g/mol. The molecule has 1 aromatic carbocycles. The van der Waals surface area contributed by atoms with Crippen molar-refractivity contribution < 1.29 is 14.6 Å². The molecule has 4 rings (SSSR count). The Labute approximate surface area is 145 Å². The molecule has 1 aliphatic carbocycles. The van der Waals surface area contributed by atoms with E-state index in [4.69, 9.17) is 4.74 Å². The number of carbonyl (C=O) groups is 1. The third-order valence-corrected chi connectivity index (χ3v) is 6.18. The van der Waals surface area contributed by atoms with Crippen LogP contribution in [0, 0.1) is 0 Å². The third kappa shape index (κ3) is 2.88. The van der Waals surface area contributed by atoms with Crippen molar-refractivity contribution in [2.45, 2.75) is 37.9 Å². The van der Waals surface area contributed by atoms with Crippen molar-refractivity contribution in [3.8, 4) is 0 Å². The van der Waals surface area contributed by atoms with Gasteiger partial charge < -0.3 is 15.2 Å². The number of aryl methyl sites for hydroxylation is 1. The highest BCUT2D eigenvalue weighted by atomic mass is 32.1. The van der Waals surface area contributed by atoms with Crippen molar-refractivity contribution in [3.63, 3.8) is 0 Å². The summed E-state index contributed by atoms with van der Waals surface area (Å²) in [6.45, 7) is 1.57. The van der Waals surface area contributed by atoms with Crippen LogP contribution in [0.25, 0.3) is 0 Å². The number of nitrogens with one attached hydrogen (secondary N) is 1. The van der Waals surface area contributed by atoms with Gasteiger partial charge in [0, 0.05) is 11.3 Å². The molecular weight excluding hydrogens is 322 g/mol. The van der Waals surface area contributed by atoms with E-state index in [9.17, 15) is 9.90 Å². The maximum Gasteiger partial charge on any atom is 0.261 e. The first kappa shape index (κ1) is 15.8. The summed E-state index contributed by atoms with van der Waals surface area (Å²) in [4.78, 5) is 14.5. The summed E-state index contributed by atoms with van der Waals surface area (Å²) >= 11 is 1.54. The molecule has 2 heterocycles. The molecule has 4 nitrogen and oxygen atoms in total. The number of carbonyl (C=O) groups excluding carboxylic acids is 1. The Morgan fingerprint density at radius 2 is 2.17 bits per heavy atom. The van der Waals surface area contributed by atoms with Crippen molar-refractivity contribution in [2.24, 2.45) is 0 Å². The lowest BCUT2D eigenvalue weighted by Gasteiger charge is -2.34. The van der Waals surface area contributed by atoms with Crippen LogP contribution in [-0.2, 0) is 29.8 Å². The van der Waals surface area contributed by atoms with Gasteiger partial charge in [-0.15, -0.1) is 11.3 Å². The Morgan fingerprint density at radius 3 is 3.04 bits per heavy atom. The normalized spacial score (nSPS) is 22.5. The summed E-state index contributed by atoms with van der Waals surface area (Å²) in [5.41, 5.74) is 2.29. The lowest BCUT2D eigenvalue weighted by molar-refractivity contribution is 0.0190. The molecule has 0 bridgehead atoms. The summed E-state index contributed by atoms with van der Waals surface area (Å²) in [6, 6.07) is 9.91. The number of hydrogen-bond acceptors (Lipinski definition) is 4. The van der Waals surface area contributed by atoms with Crippen LogP contribution in [0.1, 0.15) is 44.1 Å². The zero-order valence-corrected chi connectivity index (χ0v) is 14.3. The number of thiophene rings is 1. The lowest BCUT2D eigenvalue weighted by Crippen LogP contribution is -2.42. The van der Waals surface area contributed by atoms with Gasteiger partial charge in [0.15, 0.2) is 0 Å². The predicted molar refractivity (Wildman–Crippen MR) is 93.3 cm³/mol. The molecule has 1 aromatic heterocycles. The molecule has 2 aliphatic rings. The Morgan fingerprint density at radius 1 is 1.29 bits per heavy atom. The zero-order valence-electron chi connectivity index (χ0n) is 13.5. The summed E-state index contributed by atoms with van der Waals surface area (Å²) < 4.78 is 5.43. The molecule has 24 heavy (non-hydrogen) atoms. The SMILES string of the molecule is O=C(NCC1(O)CCCc2ccccc21)c1cc2c(s1)CCOC2. The third-order valence-electron chi connectivity index (χ3n) is 4.95. The van der Waals surface area contributed by atoms with Crippen LogP contribution in [0.3, 0.4) is 0 Å². The van der Waals surface area contributed by atoms with Gasteiger partial charge in [-0.1, -0.05) is 24.3 Å². The summed E-state index contributed by atoms with van der Waals surface area (Å²) in [6.07, 6.45) is 3.49. The van der Waals surface area contributed by atoms with E-state index in [1.165, 1.54) is 10.4 Å². The second kappa shape index (κ2) is 6.31. The zero-order chi connectivity index (χ0) is 16.6. The minimum absolute atomic E-state index is 0.106. The molecule has 0 fully saturated rings. The highest BCUT2D eigenvalue weighted by Gasteiger charge is 2.34. The van der Waals surface area contributed by atoms with E-state index in [2.05, 4.69) is 11.4 Å². The van der Waals surface area contributed by atoms with E-state index in [1.807, 2.05) is 24.3 Å². The maximum absolute atomic E-state index is 12.5. The van der Waals surface area contributed by atoms with Crippen LogP contribution in [0.5, 0.6) is 0 Å². The largest absolute Gasteiger partial charge is 0.383 e. The molecule has 0 saturated carbocycles. The van der Waals surface area contributed by atoms with Crippen LogP contribution in [0.4, 0.5) is 0 Å². The van der Waals surface area contributed by atoms with Gasteiger partial charge in [0.1, 0.15) is 5.60 Å². The highest BCUT2D eigenvalue weighted by molar-refractivity contribution is 7.14. The number of amides is 1. The monoisotopic (exact) mass is 343 g/mol. The standard InChI is InChI=1S/C19H21NO3S/c21-18(17-10-14-11-23-9-7-16(14)24-17)20-12-19(22)8-3-5-13-4-1-2-6-15(13)19/h1-2,4,6,10,22H,3,5,7-9,11-12H2,(H,20,21). The number of aliphatic hydroxyl groups is 1. The average Bonchev–Trinajstić information content (AvgIpc) is 3.04. The molecule has 0 saturated heterocycles. The number of hydrogen-bond donors (Lipinski definition) is 2. The molecule has 1 amide bonds. The first-order chi connectivity index (χ1) is 11.7. The minimum Gasteiger partial charge on any atom is -0.383 e. The fraction of sp³-hybridized carbons (Fsp3) is 0.421. The molecule has 126 valence electrons. The van der Waals surface area contributed by atoms with Gasteiger partial charge in [-0.25, -0.2) is 0 Å². The van der Waals surface area contributed by atoms with Gasteiger partial charge in [0.25, 0.3) is 5.91 Å². The summed E-state index contributed by atoms with van der Waals surface area (Å²) in [5, 5.41) is 14.0. The minimum atomic E-state index is -0.968. The molecule has 0 spiro atoms.